The van der Waals surface area contributed by atoms with Gasteiger partial charge in [0.05, 0.1) is 11.0 Å². The third-order valence-corrected chi connectivity index (χ3v) is 5.34. The highest BCUT2D eigenvalue weighted by Gasteiger charge is 2.63. The van der Waals surface area contributed by atoms with Crippen LogP contribution >= 0.6 is 11.6 Å². The molecule has 1 aliphatic rings. The van der Waals surface area contributed by atoms with E-state index < -0.39 is 39.0 Å². The summed E-state index contributed by atoms with van der Waals surface area (Å²) in [4.78, 5) is 3.78. The number of imidazole rings is 1. The number of hydrogen-bond acceptors (Lipinski definition) is 6. The minimum atomic E-state index is -4.53. The summed E-state index contributed by atoms with van der Waals surface area (Å²) in [7, 11) is -1.78. The van der Waals surface area contributed by atoms with Crippen LogP contribution in [0.2, 0.25) is 0 Å². The van der Waals surface area contributed by atoms with Gasteiger partial charge >= 0.3 is 21.6 Å². The van der Waals surface area contributed by atoms with E-state index >= 15 is 0 Å². The van der Waals surface area contributed by atoms with Crippen molar-refractivity contribution in [3.05, 3.63) is 18.0 Å². The van der Waals surface area contributed by atoms with Crippen molar-refractivity contribution in [2.75, 3.05) is 14.1 Å². The monoisotopic (exact) mass is 396 g/mol. The van der Waals surface area contributed by atoms with Gasteiger partial charge in [-0.1, -0.05) is 0 Å². The van der Waals surface area contributed by atoms with E-state index in [1.807, 2.05) is 0 Å². The van der Waals surface area contributed by atoms with Crippen LogP contribution in [0, 0.1) is 11.3 Å². The summed E-state index contributed by atoms with van der Waals surface area (Å²) >= 11 is 4.98. The summed E-state index contributed by atoms with van der Waals surface area (Å²) < 4.78 is 75.5. The van der Waals surface area contributed by atoms with Crippen LogP contribution in [0.1, 0.15) is 5.82 Å². The number of ether oxygens (including phenoxy) is 2. The Bertz CT molecular complexity index is 1030. The van der Waals surface area contributed by atoms with Gasteiger partial charge in [0.25, 0.3) is 0 Å². The molecule has 1 aliphatic heterocycles. The molecule has 2 aromatic rings. The number of fused-ring (bicyclic) bond motifs is 2. The molecule has 25 heavy (non-hydrogen) atoms. The second kappa shape index (κ2) is 5.13. The van der Waals surface area contributed by atoms with Crippen molar-refractivity contribution >= 4 is 32.8 Å². The molecule has 2 heterocycles. The number of nitriles is 1. The Kier molecular flexibility index (Phi) is 3.61. The Labute approximate surface area is 144 Å². The van der Waals surface area contributed by atoms with E-state index in [0.29, 0.717) is 3.97 Å². The number of nitrogens with zero attached hydrogens (tertiary/aromatic N) is 4. The third-order valence-electron chi connectivity index (χ3n) is 3.29. The normalized spacial score (nSPS) is 22.2. The molecule has 13 heteroatoms. The fourth-order valence-corrected chi connectivity index (χ4v) is 3.23. The van der Waals surface area contributed by atoms with Crippen molar-refractivity contribution in [1.29, 1.82) is 5.26 Å². The average molecular weight is 397 g/mol. The fourth-order valence-electron chi connectivity index (χ4n) is 2.09. The van der Waals surface area contributed by atoms with Gasteiger partial charge in [0.2, 0.25) is 5.82 Å². The van der Waals surface area contributed by atoms with E-state index in [-0.39, 0.29) is 11.0 Å². The second-order valence-corrected chi connectivity index (χ2v) is 7.60. The lowest BCUT2D eigenvalue weighted by atomic mass is 10.2. The molecule has 1 atom stereocenters. The van der Waals surface area contributed by atoms with E-state index in [2.05, 4.69) is 14.5 Å². The van der Waals surface area contributed by atoms with Gasteiger partial charge in [0, 0.05) is 26.2 Å². The molecule has 0 fully saturated rings. The van der Waals surface area contributed by atoms with Crippen molar-refractivity contribution in [2.45, 2.75) is 11.4 Å². The molecule has 1 aromatic carbocycles. The summed E-state index contributed by atoms with van der Waals surface area (Å²) in [5, 5.41) is 5.16. The highest BCUT2D eigenvalue weighted by atomic mass is 35.5. The van der Waals surface area contributed by atoms with Gasteiger partial charge in [0.15, 0.2) is 11.5 Å². The standard InChI is InChI=1S/C12H8ClF3N4O4S/c1-19(2)25(21,22)20-7-4-9-8(3-6(7)18-10(20)5-17)23-11(13,14)12(15,16)24-9/h3-4H,1-2H3. The van der Waals surface area contributed by atoms with Crippen molar-refractivity contribution in [1.82, 2.24) is 13.3 Å². The maximum atomic E-state index is 13.7. The Morgan fingerprint density at radius 2 is 1.88 bits per heavy atom. The van der Waals surface area contributed by atoms with Crippen molar-refractivity contribution in [2.24, 2.45) is 0 Å². The van der Waals surface area contributed by atoms with Crippen LogP contribution in [0.25, 0.3) is 11.0 Å². The number of rotatable bonds is 2. The quantitative estimate of drug-likeness (QED) is 0.718. The largest absolute Gasteiger partial charge is 0.488 e. The molecule has 0 saturated heterocycles. The molecule has 1 unspecified atom stereocenters. The predicted molar refractivity (Wildman–Crippen MR) is 78.3 cm³/mol. The maximum absolute atomic E-state index is 13.7. The van der Waals surface area contributed by atoms with Crippen LogP contribution in [0.4, 0.5) is 13.2 Å². The molecule has 0 bridgehead atoms. The summed E-state index contributed by atoms with van der Waals surface area (Å²) in [6, 6.07) is 3.38. The Morgan fingerprint density at radius 3 is 2.44 bits per heavy atom. The molecule has 0 spiro atoms. The van der Waals surface area contributed by atoms with Gasteiger partial charge in [-0.05, 0) is 11.6 Å². The molecular weight excluding hydrogens is 389 g/mol. The van der Waals surface area contributed by atoms with Crippen molar-refractivity contribution < 1.29 is 31.1 Å². The lowest BCUT2D eigenvalue weighted by molar-refractivity contribution is -0.303. The summed E-state index contributed by atoms with van der Waals surface area (Å²) in [5.74, 6) is -1.71. The van der Waals surface area contributed by atoms with E-state index in [1.165, 1.54) is 14.1 Å². The summed E-state index contributed by atoms with van der Waals surface area (Å²) in [6.07, 6.45) is -4.53. The fraction of sp³-hybridized carbons (Fsp3) is 0.333. The van der Waals surface area contributed by atoms with E-state index in [4.69, 9.17) is 16.9 Å². The molecule has 0 saturated carbocycles. The zero-order valence-corrected chi connectivity index (χ0v) is 14.1. The number of halogens is 4. The van der Waals surface area contributed by atoms with Crippen molar-refractivity contribution in [3.8, 4) is 17.6 Å². The number of alkyl halides is 4. The molecule has 0 N–H and O–H groups in total. The molecule has 0 radical (unpaired) electrons. The Morgan fingerprint density at radius 1 is 1.28 bits per heavy atom. The smallest absolute Gasteiger partial charge is 0.434 e. The number of hydrogen-bond donors (Lipinski definition) is 0. The average Bonchev–Trinajstić information content (AvgIpc) is 2.83. The van der Waals surface area contributed by atoms with Gasteiger partial charge in [-0.3, -0.25) is 0 Å². The van der Waals surface area contributed by atoms with Crippen LogP contribution in [-0.2, 0) is 10.2 Å². The summed E-state index contributed by atoms with van der Waals surface area (Å²) in [6.45, 7) is 0. The third kappa shape index (κ3) is 2.46. The molecule has 1 aromatic heterocycles. The first-order valence-electron chi connectivity index (χ1n) is 6.44. The zero-order chi connectivity index (χ0) is 18.8. The predicted octanol–water partition coefficient (Wildman–Crippen LogP) is 1.79. The minimum absolute atomic E-state index is 0.123. The van der Waals surface area contributed by atoms with E-state index in [1.54, 1.807) is 6.07 Å². The van der Waals surface area contributed by atoms with E-state index in [9.17, 15) is 21.6 Å². The van der Waals surface area contributed by atoms with Crippen LogP contribution in [-0.4, -0.2) is 47.2 Å². The zero-order valence-electron chi connectivity index (χ0n) is 12.5. The first kappa shape index (κ1) is 17.6. The lowest BCUT2D eigenvalue weighted by Gasteiger charge is -2.33. The molecule has 8 nitrogen and oxygen atoms in total. The van der Waals surface area contributed by atoms with Gasteiger partial charge in [0.1, 0.15) is 6.07 Å². The van der Waals surface area contributed by atoms with Crippen molar-refractivity contribution in [3.63, 3.8) is 0 Å². The molecule has 0 amide bonds. The van der Waals surface area contributed by atoms with Gasteiger partial charge < -0.3 is 9.47 Å². The molecule has 0 aliphatic carbocycles. The van der Waals surface area contributed by atoms with E-state index in [0.717, 1.165) is 16.4 Å². The van der Waals surface area contributed by atoms with Gasteiger partial charge in [-0.15, -0.1) is 0 Å². The summed E-state index contributed by atoms with van der Waals surface area (Å²) in [5.41, 5.74) is -0.355. The first-order chi connectivity index (χ1) is 11.4. The second-order valence-electron chi connectivity index (χ2n) is 5.13. The Hall–Kier alpha value is -2.23. The molecule has 3 rings (SSSR count). The van der Waals surface area contributed by atoms with Gasteiger partial charge in [-0.2, -0.15) is 35.1 Å². The minimum Gasteiger partial charge on any atom is -0.434 e. The van der Waals surface area contributed by atoms with Crippen LogP contribution in [0.3, 0.4) is 0 Å². The topological polar surface area (TPSA) is 97.5 Å². The molecule has 134 valence electrons. The Balaban J connectivity index is 2.32. The van der Waals surface area contributed by atoms with Gasteiger partial charge in [-0.25, -0.2) is 4.98 Å². The van der Waals surface area contributed by atoms with Crippen LogP contribution < -0.4 is 9.47 Å². The highest BCUT2D eigenvalue weighted by Crippen LogP contribution is 2.49. The SMILES string of the molecule is CN(C)S(=O)(=O)n1c(C#N)nc2cc3c(cc21)OC(F)(F)C(F)(Cl)O3. The maximum Gasteiger partial charge on any atom is 0.488 e. The molecular formula is C12H8ClF3N4O4S. The highest BCUT2D eigenvalue weighted by molar-refractivity contribution is 7.87. The lowest BCUT2D eigenvalue weighted by Crippen LogP contribution is -2.51. The van der Waals surface area contributed by atoms with Crippen LogP contribution in [0.15, 0.2) is 12.1 Å². The van der Waals surface area contributed by atoms with Crippen LogP contribution in [0.5, 0.6) is 11.5 Å². The number of benzene rings is 1. The first-order valence-corrected chi connectivity index (χ1v) is 8.21. The number of aromatic nitrogens is 2.